The SMILES string of the molecule is CN(C)/C=N/c1nc2c(nc(/C=C/C=C/c3ccc(N(C)C)cc3)n2[C@H]2C[C@H](O)[C@@H](CO)O2)c(=O)[nH]1. The number of rotatable bonds is 8. The van der Waals surface area contributed by atoms with E-state index in [0.717, 1.165) is 11.3 Å². The Morgan fingerprint density at radius 1 is 1.17 bits per heavy atom. The maximum absolute atomic E-state index is 12.8. The molecule has 1 aromatic carbocycles. The summed E-state index contributed by atoms with van der Waals surface area (Å²) in [7, 11) is 7.60. The summed E-state index contributed by atoms with van der Waals surface area (Å²) in [4.78, 5) is 32.3. The van der Waals surface area contributed by atoms with E-state index in [0.29, 0.717) is 5.82 Å². The number of hydrogen-bond acceptors (Lipinski definition) is 8. The first-order chi connectivity index (χ1) is 17.3. The fraction of sp³-hybridized carbons (Fsp3) is 0.360. The fourth-order valence-corrected chi connectivity index (χ4v) is 3.85. The number of aliphatic imine (C=N–C) groups is 1. The molecule has 1 fully saturated rings. The first kappa shape index (κ1) is 25.3. The summed E-state index contributed by atoms with van der Waals surface area (Å²) >= 11 is 0. The number of fused-ring (bicyclic) bond motifs is 1. The summed E-state index contributed by atoms with van der Waals surface area (Å²) < 4.78 is 7.53. The van der Waals surface area contributed by atoms with Gasteiger partial charge < -0.3 is 24.7 Å². The summed E-state index contributed by atoms with van der Waals surface area (Å²) in [5.41, 5.74) is 2.13. The zero-order valence-electron chi connectivity index (χ0n) is 20.7. The molecule has 0 spiro atoms. The molecule has 2 aromatic heterocycles. The third kappa shape index (κ3) is 5.54. The predicted octanol–water partition coefficient (Wildman–Crippen LogP) is 1.77. The lowest BCUT2D eigenvalue weighted by atomic mass is 10.2. The molecule has 4 rings (SSSR count). The maximum atomic E-state index is 12.8. The fourth-order valence-electron chi connectivity index (χ4n) is 3.85. The molecule has 0 radical (unpaired) electrons. The number of allylic oxidation sites excluding steroid dienone is 2. The van der Waals surface area contributed by atoms with E-state index in [1.165, 1.54) is 6.34 Å². The molecule has 11 nitrogen and oxygen atoms in total. The van der Waals surface area contributed by atoms with Gasteiger partial charge in [0.15, 0.2) is 11.2 Å². The third-order valence-electron chi connectivity index (χ3n) is 5.70. The minimum absolute atomic E-state index is 0.121. The lowest BCUT2D eigenvalue weighted by molar-refractivity contribution is -0.0434. The second kappa shape index (κ2) is 10.9. The molecule has 3 N–H and O–H groups in total. The van der Waals surface area contributed by atoms with Crippen LogP contribution in [0.2, 0.25) is 0 Å². The Balaban J connectivity index is 1.70. The van der Waals surface area contributed by atoms with Crippen LogP contribution in [-0.4, -0.2) is 88.0 Å². The van der Waals surface area contributed by atoms with Crippen LogP contribution in [0.15, 0.2) is 46.2 Å². The minimum atomic E-state index is -0.854. The lowest BCUT2D eigenvalue weighted by Crippen LogP contribution is -2.24. The van der Waals surface area contributed by atoms with E-state index in [2.05, 4.69) is 19.9 Å². The van der Waals surface area contributed by atoms with Gasteiger partial charge in [-0.05, 0) is 23.8 Å². The van der Waals surface area contributed by atoms with Crippen molar-refractivity contribution in [1.29, 1.82) is 0 Å². The van der Waals surface area contributed by atoms with Crippen LogP contribution in [0.25, 0.3) is 23.3 Å². The number of aromatic amines is 1. The van der Waals surface area contributed by atoms with Gasteiger partial charge >= 0.3 is 0 Å². The first-order valence-electron chi connectivity index (χ1n) is 11.6. The molecule has 190 valence electrons. The van der Waals surface area contributed by atoms with Crippen LogP contribution >= 0.6 is 0 Å². The van der Waals surface area contributed by atoms with E-state index in [1.807, 2.05) is 61.5 Å². The van der Waals surface area contributed by atoms with Gasteiger partial charge in [0.25, 0.3) is 5.56 Å². The summed E-state index contributed by atoms with van der Waals surface area (Å²) in [5.74, 6) is 0.552. The summed E-state index contributed by atoms with van der Waals surface area (Å²) in [6.45, 7) is -0.322. The van der Waals surface area contributed by atoms with E-state index >= 15 is 0 Å². The Hall–Kier alpha value is -3.80. The highest BCUT2D eigenvalue weighted by atomic mass is 16.5. The molecule has 3 atom stereocenters. The van der Waals surface area contributed by atoms with Crippen LogP contribution < -0.4 is 10.5 Å². The van der Waals surface area contributed by atoms with Crippen LogP contribution in [0.4, 0.5) is 11.6 Å². The zero-order chi connectivity index (χ0) is 25.8. The number of ether oxygens (including phenoxy) is 1. The van der Waals surface area contributed by atoms with Crippen LogP contribution in [0.1, 0.15) is 24.0 Å². The lowest BCUT2D eigenvalue weighted by Gasteiger charge is -2.15. The van der Waals surface area contributed by atoms with Gasteiger partial charge in [-0.1, -0.05) is 30.4 Å². The second-order valence-electron chi connectivity index (χ2n) is 8.93. The van der Waals surface area contributed by atoms with Crippen LogP contribution in [0, 0.1) is 0 Å². The van der Waals surface area contributed by atoms with Crippen molar-refractivity contribution in [1.82, 2.24) is 24.4 Å². The number of imidazole rings is 1. The molecule has 1 aliphatic rings. The molecule has 11 heteroatoms. The smallest absolute Gasteiger partial charge is 0.280 e. The average Bonchev–Trinajstić information content (AvgIpc) is 3.40. The molecule has 0 bridgehead atoms. The molecule has 3 aromatic rings. The normalized spacial score (nSPS) is 20.4. The number of H-pyrrole nitrogens is 1. The van der Waals surface area contributed by atoms with Gasteiger partial charge in [0.05, 0.1) is 19.0 Å². The molecule has 36 heavy (non-hydrogen) atoms. The van der Waals surface area contributed by atoms with E-state index in [9.17, 15) is 15.0 Å². The van der Waals surface area contributed by atoms with Crippen LogP contribution in [-0.2, 0) is 4.74 Å². The summed E-state index contributed by atoms with van der Waals surface area (Å²) in [6, 6.07) is 8.13. The van der Waals surface area contributed by atoms with Gasteiger partial charge in [0, 0.05) is 40.3 Å². The van der Waals surface area contributed by atoms with Gasteiger partial charge in [0.1, 0.15) is 18.2 Å². The molecular weight excluding hydrogens is 462 g/mol. The van der Waals surface area contributed by atoms with Crippen molar-refractivity contribution in [2.75, 3.05) is 39.7 Å². The number of aliphatic hydroxyl groups is 2. The van der Waals surface area contributed by atoms with E-state index in [4.69, 9.17) is 4.74 Å². The van der Waals surface area contributed by atoms with Crippen LogP contribution in [0.5, 0.6) is 0 Å². The molecule has 0 unspecified atom stereocenters. The highest BCUT2D eigenvalue weighted by Gasteiger charge is 2.36. The predicted molar refractivity (Wildman–Crippen MR) is 140 cm³/mol. The van der Waals surface area contributed by atoms with Gasteiger partial charge in [-0.3, -0.25) is 14.3 Å². The van der Waals surface area contributed by atoms with Crippen molar-refractivity contribution in [2.45, 2.75) is 24.9 Å². The largest absolute Gasteiger partial charge is 0.394 e. The Labute approximate surface area is 208 Å². The van der Waals surface area contributed by atoms with Crippen molar-refractivity contribution >= 4 is 41.3 Å². The number of hydrogen-bond donors (Lipinski definition) is 3. The van der Waals surface area contributed by atoms with Crippen molar-refractivity contribution in [3.63, 3.8) is 0 Å². The zero-order valence-corrected chi connectivity index (χ0v) is 20.7. The number of aliphatic hydroxyl groups excluding tert-OH is 2. The van der Waals surface area contributed by atoms with E-state index in [1.54, 1.807) is 29.6 Å². The van der Waals surface area contributed by atoms with Crippen molar-refractivity contribution in [3.05, 3.63) is 58.2 Å². The molecule has 3 heterocycles. The number of nitrogens with zero attached hydrogens (tertiary/aromatic N) is 6. The Morgan fingerprint density at radius 3 is 2.53 bits per heavy atom. The number of anilines is 1. The van der Waals surface area contributed by atoms with Crippen molar-refractivity contribution < 1.29 is 14.9 Å². The monoisotopic (exact) mass is 493 g/mol. The van der Waals surface area contributed by atoms with E-state index < -0.39 is 24.0 Å². The van der Waals surface area contributed by atoms with Gasteiger partial charge in [-0.2, -0.15) is 4.98 Å². The minimum Gasteiger partial charge on any atom is -0.394 e. The highest BCUT2D eigenvalue weighted by molar-refractivity contribution is 5.75. The highest BCUT2D eigenvalue weighted by Crippen LogP contribution is 2.32. The summed E-state index contributed by atoms with van der Waals surface area (Å²) in [5, 5.41) is 19.8. The van der Waals surface area contributed by atoms with Gasteiger partial charge in [-0.25, -0.2) is 9.98 Å². The third-order valence-corrected chi connectivity index (χ3v) is 5.70. The topological polar surface area (TPSA) is 132 Å². The Bertz CT molecular complexity index is 1340. The van der Waals surface area contributed by atoms with E-state index in [-0.39, 0.29) is 30.1 Å². The van der Waals surface area contributed by atoms with Crippen molar-refractivity contribution in [2.24, 2.45) is 4.99 Å². The molecule has 1 aliphatic heterocycles. The Morgan fingerprint density at radius 2 is 1.89 bits per heavy atom. The number of aromatic nitrogens is 4. The first-order valence-corrected chi connectivity index (χ1v) is 11.6. The standard InChI is InChI=1S/C25H31N7O4/c1-30(2)15-26-25-28-23-22(24(35)29-25)27-20(32(23)21-13-18(34)19(14-33)36-21)8-6-5-7-16-9-11-17(12-10-16)31(3)4/h5-12,15,18-19,21,33-34H,13-14H2,1-4H3,(H,28,29,35)/b7-5+,8-6+,26-15+/t18-,19+,21+/m0/s1. The maximum Gasteiger partial charge on any atom is 0.280 e. The molecular formula is C25H31N7O4. The summed E-state index contributed by atoms with van der Waals surface area (Å²) in [6.07, 6.45) is 6.89. The van der Waals surface area contributed by atoms with Gasteiger partial charge in [-0.15, -0.1) is 0 Å². The number of nitrogens with one attached hydrogen (secondary N) is 1. The number of benzene rings is 1. The quantitative estimate of drug-likeness (QED) is 0.246. The average molecular weight is 494 g/mol. The molecule has 0 amide bonds. The molecule has 0 aliphatic carbocycles. The van der Waals surface area contributed by atoms with Crippen molar-refractivity contribution in [3.8, 4) is 0 Å². The Kier molecular flexibility index (Phi) is 7.63. The van der Waals surface area contributed by atoms with Gasteiger partial charge in [0.2, 0.25) is 5.95 Å². The second-order valence-corrected chi connectivity index (χ2v) is 8.93. The molecule has 1 saturated heterocycles. The van der Waals surface area contributed by atoms with Crippen LogP contribution in [0.3, 0.4) is 0 Å². The molecule has 0 saturated carbocycles.